The standard InChI is InChI=1S/C57H44Si/c1-57(2)51-19-11-9-17-43(51)44-27-25-40(32-52(44)57)39-26-28-46-48(31-39)56(42-24-22-36-14-6-8-16-38(36)30-42)50-34-54-47(45-18-10-12-20-53(45)58(54,3)4)33-49(50)55(46)41-23-21-35-13-5-7-15-37(35)29-41/h5-21,23-34,36H,22H2,1-4H3. The molecule has 0 bridgehead atoms. The van der Waals surface area contributed by atoms with Crippen LogP contribution in [0.3, 0.4) is 0 Å². The second-order valence-corrected chi connectivity index (χ2v) is 22.3. The lowest BCUT2D eigenvalue weighted by Gasteiger charge is -2.26. The molecule has 58 heavy (non-hydrogen) atoms. The summed E-state index contributed by atoms with van der Waals surface area (Å²) in [5, 5.41) is 11.0. The summed E-state index contributed by atoms with van der Waals surface area (Å²) in [6.07, 6.45) is 15.1. The van der Waals surface area contributed by atoms with Crippen molar-refractivity contribution in [2.24, 2.45) is 5.92 Å². The van der Waals surface area contributed by atoms with E-state index >= 15 is 0 Å². The molecule has 8 aromatic carbocycles. The summed E-state index contributed by atoms with van der Waals surface area (Å²) in [5.41, 5.74) is 17.6. The van der Waals surface area contributed by atoms with Crippen molar-refractivity contribution in [3.8, 4) is 44.5 Å². The van der Waals surface area contributed by atoms with Crippen molar-refractivity contribution in [1.82, 2.24) is 0 Å². The molecule has 1 aliphatic heterocycles. The number of hydrogen-bond donors (Lipinski definition) is 0. The van der Waals surface area contributed by atoms with Crippen LogP contribution in [0.5, 0.6) is 0 Å². The highest BCUT2D eigenvalue weighted by molar-refractivity contribution is 7.04. The van der Waals surface area contributed by atoms with Gasteiger partial charge in [-0.3, -0.25) is 0 Å². The molecular formula is C57H44Si. The van der Waals surface area contributed by atoms with Crippen LogP contribution >= 0.6 is 0 Å². The normalized spacial score (nSPS) is 17.8. The van der Waals surface area contributed by atoms with E-state index in [-0.39, 0.29) is 5.41 Å². The van der Waals surface area contributed by atoms with E-state index in [1.807, 2.05) is 0 Å². The van der Waals surface area contributed by atoms with E-state index in [1.165, 1.54) is 105 Å². The van der Waals surface area contributed by atoms with E-state index in [9.17, 15) is 0 Å². The summed E-state index contributed by atoms with van der Waals surface area (Å²) in [6.45, 7) is 9.86. The molecule has 276 valence electrons. The summed E-state index contributed by atoms with van der Waals surface area (Å²) in [7, 11) is -1.97. The molecule has 0 saturated carbocycles. The van der Waals surface area contributed by atoms with Crippen molar-refractivity contribution in [2.75, 3.05) is 0 Å². The van der Waals surface area contributed by atoms with Gasteiger partial charge in [0.15, 0.2) is 0 Å². The molecule has 1 heterocycles. The van der Waals surface area contributed by atoms with Crippen LogP contribution in [0.4, 0.5) is 0 Å². The topological polar surface area (TPSA) is 0 Å². The molecule has 1 atom stereocenters. The summed E-state index contributed by atoms with van der Waals surface area (Å²) in [6, 6.07) is 53.8. The number of rotatable bonds is 3. The largest absolute Gasteiger partial charge is 0.113 e. The first-order valence-electron chi connectivity index (χ1n) is 20.9. The monoisotopic (exact) mass is 756 g/mol. The highest BCUT2D eigenvalue weighted by Crippen LogP contribution is 2.51. The lowest BCUT2D eigenvalue weighted by atomic mass is 9.79. The number of hydrogen-bond acceptors (Lipinski definition) is 0. The molecule has 12 rings (SSSR count). The fourth-order valence-electron chi connectivity index (χ4n) is 11.1. The fourth-order valence-corrected chi connectivity index (χ4v) is 14.2. The van der Waals surface area contributed by atoms with E-state index < -0.39 is 8.07 Å². The van der Waals surface area contributed by atoms with Gasteiger partial charge >= 0.3 is 0 Å². The van der Waals surface area contributed by atoms with Gasteiger partial charge in [-0.15, -0.1) is 0 Å². The molecule has 0 aromatic heterocycles. The maximum absolute atomic E-state index is 2.64. The Morgan fingerprint density at radius 1 is 0.517 bits per heavy atom. The van der Waals surface area contributed by atoms with Gasteiger partial charge in [0.1, 0.15) is 8.07 Å². The van der Waals surface area contributed by atoms with Gasteiger partial charge in [0.2, 0.25) is 0 Å². The quantitative estimate of drug-likeness (QED) is 0.124. The zero-order valence-corrected chi connectivity index (χ0v) is 34.5. The Labute approximate surface area is 342 Å². The Morgan fingerprint density at radius 3 is 2.12 bits per heavy atom. The summed E-state index contributed by atoms with van der Waals surface area (Å²) >= 11 is 0. The predicted octanol–water partition coefficient (Wildman–Crippen LogP) is 14.0. The summed E-state index contributed by atoms with van der Waals surface area (Å²) in [4.78, 5) is 0. The molecule has 1 unspecified atom stereocenters. The van der Waals surface area contributed by atoms with Gasteiger partial charge in [-0.2, -0.15) is 0 Å². The minimum atomic E-state index is -1.97. The van der Waals surface area contributed by atoms with Crippen LogP contribution in [0.2, 0.25) is 13.1 Å². The zero-order valence-electron chi connectivity index (χ0n) is 33.5. The Kier molecular flexibility index (Phi) is 7.07. The molecule has 4 aliphatic rings. The molecule has 8 aromatic rings. The van der Waals surface area contributed by atoms with Gasteiger partial charge < -0.3 is 0 Å². The van der Waals surface area contributed by atoms with Crippen molar-refractivity contribution < 1.29 is 0 Å². The molecule has 0 saturated heterocycles. The lowest BCUT2D eigenvalue weighted by Crippen LogP contribution is -2.49. The number of fused-ring (bicyclic) bond motifs is 10. The second-order valence-electron chi connectivity index (χ2n) is 18.0. The van der Waals surface area contributed by atoms with E-state index in [4.69, 9.17) is 0 Å². The minimum Gasteiger partial charge on any atom is -0.0767 e. The molecule has 3 aliphatic carbocycles. The van der Waals surface area contributed by atoms with Crippen molar-refractivity contribution in [2.45, 2.75) is 38.8 Å². The van der Waals surface area contributed by atoms with Gasteiger partial charge in [-0.05, 0) is 146 Å². The maximum Gasteiger partial charge on any atom is 0.113 e. The van der Waals surface area contributed by atoms with Crippen molar-refractivity contribution in [3.63, 3.8) is 0 Å². The predicted molar refractivity (Wildman–Crippen MR) is 252 cm³/mol. The Hall–Kier alpha value is -6.28. The van der Waals surface area contributed by atoms with Crippen molar-refractivity contribution in [1.29, 1.82) is 0 Å². The van der Waals surface area contributed by atoms with Crippen molar-refractivity contribution in [3.05, 3.63) is 198 Å². The first-order chi connectivity index (χ1) is 28.3. The smallest absolute Gasteiger partial charge is 0.0767 e. The van der Waals surface area contributed by atoms with E-state index in [0.717, 1.165) is 6.42 Å². The Bertz CT molecular complexity index is 3250. The van der Waals surface area contributed by atoms with Crippen molar-refractivity contribution >= 4 is 56.3 Å². The third-order valence-corrected chi connectivity index (χ3v) is 17.7. The highest BCUT2D eigenvalue weighted by atomic mass is 28.3. The lowest BCUT2D eigenvalue weighted by molar-refractivity contribution is 0.660. The molecule has 0 amide bonds. The van der Waals surface area contributed by atoms with E-state index in [1.54, 1.807) is 10.4 Å². The summed E-state index contributed by atoms with van der Waals surface area (Å²) in [5.74, 6) is 0.433. The maximum atomic E-state index is 2.64. The third kappa shape index (κ3) is 4.74. The van der Waals surface area contributed by atoms with Crippen LogP contribution in [-0.2, 0) is 5.41 Å². The summed E-state index contributed by atoms with van der Waals surface area (Å²) < 4.78 is 0. The molecule has 0 nitrogen and oxygen atoms in total. The minimum absolute atomic E-state index is 0.0599. The second kappa shape index (κ2) is 12.1. The first kappa shape index (κ1) is 33.8. The average Bonchev–Trinajstić information content (AvgIpc) is 3.63. The van der Waals surface area contributed by atoms with Gasteiger partial charge in [0.25, 0.3) is 0 Å². The van der Waals surface area contributed by atoms with Crippen LogP contribution in [-0.4, -0.2) is 8.07 Å². The SMILES string of the molecule is CC1(C)c2ccccc2-c2ccc(-c3ccc4c(-c5ccc6ccccc6c5)c5cc6c(cc5c(C5=CCC7C=CC=CC7=C5)c4c3)[Si](C)(C)c3ccccc3-6)cc21. The van der Waals surface area contributed by atoms with E-state index in [2.05, 4.69) is 203 Å². The average molecular weight is 757 g/mol. The van der Waals surface area contributed by atoms with Crippen LogP contribution in [0, 0.1) is 5.92 Å². The van der Waals surface area contributed by atoms with Gasteiger partial charge in [0.05, 0.1) is 0 Å². The highest BCUT2D eigenvalue weighted by Gasteiger charge is 2.39. The van der Waals surface area contributed by atoms with E-state index in [0.29, 0.717) is 5.92 Å². The molecule has 1 heteroatoms. The molecule has 0 radical (unpaired) electrons. The third-order valence-electron chi connectivity index (χ3n) is 14.1. The van der Waals surface area contributed by atoms with Crippen LogP contribution < -0.4 is 10.4 Å². The van der Waals surface area contributed by atoms with Gasteiger partial charge in [-0.1, -0.05) is 179 Å². The Morgan fingerprint density at radius 2 is 1.22 bits per heavy atom. The molecule has 0 fully saturated rings. The van der Waals surface area contributed by atoms with Crippen LogP contribution in [0.1, 0.15) is 37.0 Å². The number of benzene rings is 8. The molecule has 0 N–H and O–H groups in total. The van der Waals surface area contributed by atoms with Crippen LogP contribution in [0.25, 0.3) is 82.4 Å². The fraction of sp³-hybridized carbons (Fsp3) is 0.123. The molecular weight excluding hydrogens is 713 g/mol. The van der Waals surface area contributed by atoms with Gasteiger partial charge in [-0.25, -0.2) is 0 Å². The number of allylic oxidation sites excluding steroid dienone is 8. The zero-order chi connectivity index (χ0) is 38.9. The van der Waals surface area contributed by atoms with Gasteiger partial charge in [0, 0.05) is 11.3 Å². The first-order valence-corrected chi connectivity index (χ1v) is 23.9. The molecule has 0 spiro atoms. The Balaban J connectivity index is 1.19. The van der Waals surface area contributed by atoms with Crippen LogP contribution in [0.15, 0.2) is 182 Å².